The zero-order valence-corrected chi connectivity index (χ0v) is 18.4. The van der Waals surface area contributed by atoms with Crippen LogP contribution >= 0.6 is 0 Å². The predicted molar refractivity (Wildman–Crippen MR) is 121 cm³/mol. The molecule has 1 amide bonds. The number of hydrogen-bond donors (Lipinski definition) is 3. The van der Waals surface area contributed by atoms with E-state index in [4.69, 9.17) is 15.6 Å². The van der Waals surface area contributed by atoms with Crippen LogP contribution in [0.3, 0.4) is 0 Å². The van der Waals surface area contributed by atoms with Crippen molar-refractivity contribution in [2.24, 2.45) is 0 Å². The summed E-state index contributed by atoms with van der Waals surface area (Å²) in [4.78, 5) is 18.9. The number of aryl methyl sites for hydroxylation is 1. The maximum absolute atomic E-state index is 12.8. The first-order chi connectivity index (χ1) is 14.4. The highest BCUT2D eigenvalue weighted by Crippen LogP contribution is 2.23. The molecule has 3 N–H and O–H groups in total. The van der Waals surface area contributed by atoms with Crippen molar-refractivity contribution >= 4 is 23.4 Å². The second kappa shape index (κ2) is 10.5. The Kier molecular flexibility index (Phi) is 8.09. The molecule has 1 aromatic carbocycles. The molecule has 7 nitrogen and oxygen atoms in total. The van der Waals surface area contributed by atoms with Gasteiger partial charge >= 0.3 is 0 Å². The molecule has 3 rings (SSSR count). The van der Waals surface area contributed by atoms with Gasteiger partial charge in [-0.1, -0.05) is 31.5 Å². The fraction of sp³-hybridized carbons (Fsp3) is 0.391. The van der Waals surface area contributed by atoms with Gasteiger partial charge in [0.1, 0.15) is 17.3 Å². The van der Waals surface area contributed by atoms with Crippen molar-refractivity contribution in [2.75, 3.05) is 11.9 Å². The van der Waals surface area contributed by atoms with Gasteiger partial charge in [0.15, 0.2) is 5.84 Å². The van der Waals surface area contributed by atoms with E-state index in [9.17, 15) is 4.79 Å². The van der Waals surface area contributed by atoms with Crippen LogP contribution in [0, 0.1) is 17.7 Å². The number of ether oxygens (including phenoxy) is 1. The summed E-state index contributed by atoms with van der Waals surface area (Å²) in [6.07, 6.45) is 1.48. The number of carbonyl (C=O) groups is 1. The van der Waals surface area contributed by atoms with Crippen molar-refractivity contribution in [1.82, 2.24) is 9.88 Å². The molecule has 1 unspecified atom stereocenters. The summed E-state index contributed by atoms with van der Waals surface area (Å²) in [5, 5.41) is 19.4. The number of nitrogens with zero attached hydrogens (tertiary/aromatic N) is 2. The van der Waals surface area contributed by atoms with E-state index in [1.807, 2.05) is 39.8 Å². The van der Waals surface area contributed by atoms with E-state index >= 15 is 0 Å². The number of hydrogen-bond acceptors (Lipinski definition) is 5. The van der Waals surface area contributed by atoms with Gasteiger partial charge in [0.25, 0.3) is 5.91 Å². The zero-order valence-electron chi connectivity index (χ0n) is 18.4. The smallest absolute Gasteiger partial charge is 0.260 e. The SMILES string of the molecule is CC.CC(=N)N1C(=N)c2cccc(n2)NC(=O)c2cc(C)ccc2OCCCC1C. The van der Waals surface area contributed by atoms with Crippen LogP contribution in [0.2, 0.25) is 0 Å². The van der Waals surface area contributed by atoms with Gasteiger partial charge in [0, 0.05) is 6.04 Å². The molecule has 0 aliphatic carbocycles. The third-order valence-electron chi connectivity index (χ3n) is 4.68. The first-order valence-electron chi connectivity index (χ1n) is 10.3. The molecular formula is C23H31N5O2. The lowest BCUT2D eigenvalue weighted by molar-refractivity contribution is 0.102. The van der Waals surface area contributed by atoms with Gasteiger partial charge in [-0.3, -0.25) is 15.6 Å². The van der Waals surface area contributed by atoms with Crippen molar-refractivity contribution in [2.45, 2.75) is 53.5 Å². The van der Waals surface area contributed by atoms with Gasteiger partial charge in [0.2, 0.25) is 0 Å². The Balaban J connectivity index is 0.00000155. The Hall–Kier alpha value is -3.22. The Morgan fingerprint density at radius 2 is 2.00 bits per heavy atom. The van der Waals surface area contributed by atoms with Crippen molar-refractivity contribution in [3.05, 3.63) is 53.2 Å². The molecule has 2 bridgehead atoms. The molecule has 1 aliphatic rings. The van der Waals surface area contributed by atoms with Gasteiger partial charge < -0.3 is 15.0 Å². The summed E-state index contributed by atoms with van der Waals surface area (Å²) >= 11 is 0. The van der Waals surface area contributed by atoms with Crippen LogP contribution < -0.4 is 10.1 Å². The molecule has 160 valence electrons. The van der Waals surface area contributed by atoms with Gasteiger partial charge in [-0.15, -0.1) is 0 Å². The van der Waals surface area contributed by atoms with Crippen LogP contribution in [0.5, 0.6) is 5.75 Å². The lowest BCUT2D eigenvalue weighted by Crippen LogP contribution is -2.42. The number of aromatic nitrogens is 1. The van der Waals surface area contributed by atoms with E-state index < -0.39 is 0 Å². The summed E-state index contributed by atoms with van der Waals surface area (Å²) < 4.78 is 5.88. The number of amides is 1. The van der Waals surface area contributed by atoms with E-state index in [1.54, 1.807) is 36.1 Å². The second-order valence-electron chi connectivity index (χ2n) is 7.01. The van der Waals surface area contributed by atoms with Crippen LogP contribution in [0.15, 0.2) is 36.4 Å². The lowest BCUT2D eigenvalue weighted by Gasteiger charge is -2.30. The Morgan fingerprint density at radius 3 is 2.70 bits per heavy atom. The molecule has 0 fully saturated rings. The normalized spacial score (nSPS) is 16.8. The molecule has 0 saturated heterocycles. The molecule has 1 aromatic heterocycles. The van der Waals surface area contributed by atoms with Crippen molar-refractivity contribution in [3.63, 3.8) is 0 Å². The number of carbonyl (C=O) groups excluding carboxylic acids is 1. The average molecular weight is 410 g/mol. The van der Waals surface area contributed by atoms with E-state index in [0.717, 1.165) is 18.4 Å². The third kappa shape index (κ3) is 5.43. The van der Waals surface area contributed by atoms with Crippen LogP contribution in [0.4, 0.5) is 5.82 Å². The second-order valence-corrected chi connectivity index (χ2v) is 7.01. The molecule has 0 spiro atoms. The maximum Gasteiger partial charge on any atom is 0.260 e. The van der Waals surface area contributed by atoms with Gasteiger partial charge in [-0.2, -0.15) is 0 Å². The van der Waals surface area contributed by atoms with Crippen molar-refractivity contribution in [1.29, 1.82) is 10.8 Å². The van der Waals surface area contributed by atoms with Crippen LogP contribution in [-0.4, -0.2) is 40.1 Å². The summed E-state index contributed by atoms with van der Waals surface area (Å²) in [5.41, 5.74) is 1.84. The van der Waals surface area contributed by atoms with Gasteiger partial charge in [-0.25, -0.2) is 4.98 Å². The number of pyridine rings is 1. The standard InChI is InChI=1S/C21H25N5O2.C2H6/c1-13-9-10-18-16(12-13)21(27)25-19-8-4-7-17(24-19)20(23)26(15(3)22)14(2)6-5-11-28-18;1-2/h4,7-10,12,14,22-23H,5-6,11H2,1-3H3,(H,24,25,27);1-2H3. The maximum atomic E-state index is 12.8. The van der Waals surface area contributed by atoms with Crippen LogP contribution in [-0.2, 0) is 0 Å². The van der Waals surface area contributed by atoms with Crippen molar-refractivity contribution in [3.8, 4) is 5.75 Å². The van der Waals surface area contributed by atoms with E-state index in [0.29, 0.717) is 29.4 Å². The monoisotopic (exact) mass is 409 g/mol. The minimum Gasteiger partial charge on any atom is -0.493 e. The average Bonchev–Trinajstić information content (AvgIpc) is 2.72. The Bertz CT molecular complexity index is 926. The third-order valence-corrected chi connectivity index (χ3v) is 4.68. The number of rotatable bonds is 0. The van der Waals surface area contributed by atoms with Crippen LogP contribution in [0.25, 0.3) is 0 Å². The van der Waals surface area contributed by atoms with Crippen LogP contribution in [0.1, 0.15) is 62.2 Å². The summed E-state index contributed by atoms with van der Waals surface area (Å²) in [6, 6.07) is 10.6. The summed E-state index contributed by atoms with van der Waals surface area (Å²) in [7, 11) is 0. The summed E-state index contributed by atoms with van der Waals surface area (Å²) in [5.74, 6) is 1.01. The highest BCUT2D eigenvalue weighted by molar-refractivity contribution is 6.07. The minimum atomic E-state index is -0.305. The van der Waals surface area contributed by atoms with E-state index in [-0.39, 0.29) is 23.6 Å². The zero-order chi connectivity index (χ0) is 22.3. The van der Waals surface area contributed by atoms with E-state index in [2.05, 4.69) is 10.3 Å². The van der Waals surface area contributed by atoms with Gasteiger partial charge in [0.05, 0.1) is 18.0 Å². The Morgan fingerprint density at radius 1 is 1.27 bits per heavy atom. The number of nitrogens with one attached hydrogen (secondary N) is 3. The molecule has 30 heavy (non-hydrogen) atoms. The first-order valence-corrected chi connectivity index (χ1v) is 10.3. The predicted octanol–water partition coefficient (Wildman–Crippen LogP) is 4.85. The molecule has 1 atom stereocenters. The van der Waals surface area contributed by atoms with Gasteiger partial charge in [-0.05, 0) is 57.9 Å². The summed E-state index contributed by atoms with van der Waals surface area (Å²) in [6.45, 7) is 10.0. The molecule has 0 saturated carbocycles. The molecule has 0 radical (unpaired) electrons. The Labute approximate surface area is 178 Å². The van der Waals surface area contributed by atoms with E-state index in [1.165, 1.54) is 0 Å². The van der Waals surface area contributed by atoms with Crippen molar-refractivity contribution < 1.29 is 9.53 Å². The minimum absolute atomic E-state index is 0.0472. The molecule has 7 heteroatoms. The largest absolute Gasteiger partial charge is 0.493 e. The number of amidine groups is 2. The number of fused-ring (bicyclic) bond motifs is 3. The fourth-order valence-corrected chi connectivity index (χ4v) is 3.30. The fourth-order valence-electron chi connectivity index (χ4n) is 3.30. The quantitative estimate of drug-likeness (QED) is 0.427. The highest BCUT2D eigenvalue weighted by atomic mass is 16.5. The number of benzene rings is 1. The lowest BCUT2D eigenvalue weighted by atomic mass is 10.1. The molecule has 2 heterocycles. The molecule has 2 aromatic rings. The molecule has 1 aliphatic heterocycles. The number of anilines is 1. The highest BCUT2D eigenvalue weighted by Gasteiger charge is 2.22. The topological polar surface area (TPSA) is 102 Å². The molecular weight excluding hydrogens is 378 g/mol. The first kappa shape index (κ1) is 23.1.